The molecule has 3 aromatic carbocycles. The second kappa shape index (κ2) is 9.04. The summed E-state index contributed by atoms with van der Waals surface area (Å²) in [6.07, 6.45) is 0. The van der Waals surface area contributed by atoms with Gasteiger partial charge in [-0.25, -0.2) is 9.69 Å². The lowest BCUT2D eigenvalue weighted by Crippen LogP contribution is -2.32. The lowest BCUT2D eigenvalue weighted by atomic mass is 10.2. The van der Waals surface area contributed by atoms with Gasteiger partial charge in [0.25, 0.3) is 11.8 Å². The fourth-order valence-electron chi connectivity index (χ4n) is 2.98. The van der Waals surface area contributed by atoms with Crippen LogP contribution in [0.5, 0.6) is 5.75 Å². The molecule has 160 valence electrons. The van der Waals surface area contributed by atoms with Crippen molar-refractivity contribution in [1.82, 2.24) is 0 Å². The highest BCUT2D eigenvalue weighted by atomic mass is 35.5. The third-order valence-corrected chi connectivity index (χ3v) is 5.41. The summed E-state index contributed by atoms with van der Waals surface area (Å²) in [4.78, 5) is 38.6. The van der Waals surface area contributed by atoms with E-state index >= 15 is 0 Å². The van der Waals surface area contributed by atoms with Gasteiger partial charge in [-0.3, -0.25) is 9.59 Å². The Morgan fingerprint density at radius 2 is 1.53 bits per heavy atom. The molecule has 0 saturated carbocycles. The predicted molar refractivity (Wildman–Crippen MR) is 123 cm³/mol. The van der Waals surface area contributed by atoms with Gasteiger partial charge in [-0.15, -0.1) is 0 Å². The van der Waals surface area contributed by atoms with Crippen LogP contribution in [0.25, 0.3) is 0 Å². The molecule has 1 aliphatic rings. The highest BCUT2D eigenvalue weighted by Gasteiger charge is 2.39. The standard InChI is InChI=1S/C23H13Cl3N2O4/c24-14-8-11-18(17(25)12-14)28-21(29)19(26)20(22(28)30)27-15-9-6-13(7-10-15)23(31)32-16-4-2-1-3-5-16/h1-12,27H. The number of hydrogen-bond donors (Lipinski definition) is 1. The maximum Gasteiger partial charge on any atom is 0.343 e. The van der Waals surface area contributed by atoms with Crippen molar-refractivity contribution in [1.29, 1.82) is 0 Å². The molecule has 9 heteroatoms. The van der Waals surface area contributed by atoms with Crippen molar-refractivity contribution in [3.63, 3.8) is 0 Å². The largest absolute Gasteiger partial charge is 0.423 e. The Morgan fingerprint density at radius 1 is 0.844 bits per heavy atom. The van der Waals surface area contributed by atoms with Gasteiger partial charge in [0.15, 0.2) is 0 Å². The van der Waals surface area contributed by atoms with Crippen molar-refractivity contribution in [2.75, 3.05) is 10.2 Å². The van der Waals surface area contributed by atoms with E-state index in [0.29, 0.717) is 22.0 Å². The minimum atomic E-state index is -0.716. The number of para-hydroxylation sites is 1. The van der Waals surface area contributed by atoms with Crippen LogP contribution >= 0.6 is 34.8 Å². The molecule has 0 atom stereocenters. The van der Waals surface area contributed by atoms with Gasteiger partial charge in [-0.1, -0.05) is 53.0 Å². The number of benzene rings is 3. The molecule has 0 saturated heterocycles. The number of carbonyl (C=O) groups is 3. The van der Waals surface area contributed by atoms with Crippen LogP contribution in [0.1, 0.15) is 10.4 Å². The van der Waals surface area contributed by atoms with Crippen LogP contribution in [-0.4, -0.2) is 17.8 Å². The topological polar surface area (TPSA) is 75.7 Å². The second-order valence-electron chi connectivity index (χ2n) is 6.64. The maximum absolute atomic E-state index is 12.9. The van der Waals surface area contributed by atoms with Gasteiger partial charge in [0.05, 0.1) is 16.3 Å². The van der Waals surface area contributed by atoms with E-state index in [1.165, 1.54) is 30.3 Å². The summed E-state index contributed by atoms with van der Waals surface area (Å²) in [5.74, 6) is -1.49. The van der Waals surface area contributed by atoms with Crippen LogP contribution in [-0.2, 0) is 9.59 Å². The SMILES string of the molecule is O=C(Oc1ccccc1)c1ccc(NC2=C(Cl)C(=O)N(c3ccc(Cl)cc3Cl)C2=O)cc1. The quantitative estimate of drug-likeness (QED) is 0.286. The third kappa shape index (κ3) is 4.34. The Morgan fingerprint density at radius 3 is 2.19 bits per heavy atom. The van der Waals surface area contributed by atoms with Gasteiger partial charge in [0, 0.05) is 10.7 Å². The highest BCUT2D eigenvalue weighted by Crippen LogP contribution is 2.35. The lowest BCUT2D eigenvalue weighted by Gasteiger charge is -2.16. The van der Waals surface area contributed by atoms with E-state index in [2.05, 4.69) is 5.32 Å². The smallest absolute Gasteiger partial charge is 0.343 e. The molecular formula is C23H13Cl3N2O4. The van der Waals surface area contributed by atoms with E-state index in [9.17, 15) is 14.4 Å². The van der Waals surface area contributed by atoms with Crippen molar-refractivity contribution in [2.24, 2.45) is 0 Å². The molecule has 1 aliphatic heterocycles. The number of nitrogens with one attached hydrogen (secondary N) is 1. The van der Waals surface area contributed by atoms with Crippen molar-refractivity contribution in [3.05, 3.63) is 99.1 Å². The van der Waals surface area contributed by atoms with Crippen LogP contribution in [0.15, 0.2) is 83.5 Å². The molecule has 4 rings (SSSR count). The van der Waals surface area contributed by atoms with E-state index in [1.807, 2.05) is 6.07 Å². The zero-order valence-corrected chi connectivity index (χ0v) is 18.4. The molecule has 0 bridgehead atoms. The van der Waals surface area contributed by atoms with E-state index in [-0.39, 0.29) is 21.4 Å². The zero-order chi connectivity index (χ0) is 22.8. The van der Waals surface area contributed by atoms with Gasteiger partial charge < -0.3 is 10.1 Å². The lowest BCUT2D eigenvalue weighted by molar-refractivity contribution is -0.120. The number of anilines is 2. The van der Waals surface area contributed by atoms with E-state index in [1.54, 1.807) is 36.4 Å². The second-order valence-corrected chi connectivity index (χ2v) is 7.86. The summed E-state index contributed by atoms with van der Waals surface area (Å²) < 4.78 is 5.29. The monoisotopic (exact) mass is 486 g/mol. The molecule has 6 nitrogen and oxygen atoms in total. The van der Waals surface area contributed by atoms with Crippen molar-refractivity contribution < 1.29 is 19.1 Å². The van der Waals surface area contributed by atoms with Crippen molar-refractivity contribution in [2.45, 2.75) is 0 Å². The molecule has 32 heavy (non-hydrogen) atoms. The van der Waals surface area contributed by atoms with Crippen molar-refractivity contribution in [3.8, 4) is 5.75 Å². The Bertz CT molecular complexity index is 1260. The molecule has 0 radical (unpaired) electrons. The van der Waals surface area contributed by atoms with E-state index in [0.717, 1.165) is 4.90 Å². The van der Waals surface area contributed by atoms with Gasteiger partial charge in [-0.05, 0) is 54.6 Å². The van der Waals surface area contributed by atoms with Gasteiger partial charge in [-0.2, -0.15) is 0 Å². The van der Waals surface area contributed by atoms with E-state index < -0.39 is 17.8 Å². The fraction of sp³-hybridized carbons (Fsp3) is 0. The van der Waals surface area contributed by atoms with Gasteiger partial charge in [0.1, 0.15) is 16.5 Å². The summed E-state index contributed by atoms with van der Waals surface area (Å²) in [5.41, 5.74) is 0.810. The number of nitrogens with zero attached hydrogens (tertiary/aromatic N) is 1. The number of carbonyl (C=O) groups excluding carboxylic acids is 3. The van der Waals surface area contributed by atoms with Crippen molar-refractivity contribution >= 4 is 64.0 Å². The normalized spacial score (nSPS) is 13.5. The predicted octanol–water partition coefficient (Wildman–Crippen LogP) is 5.65. The molecule has 0 aliphatic carbocycles. The first-order chi connectivity index (χ1) is 15.3. The number of ether oxygens (including phenoxy) is 1. The fourth-order valence-corrected chi connectivity index (χ4v) is 3.69. The average molecular weight is 488 g/mol. The summed E-state index contributed by atoms with van der Waals surface area (Å²) >= 11 is 18.2. The van der Waals surface area contributed by atoms with Crippen LogP contribution in [0.3, 0.4) is 0 Å². The Balaban J connectivity index is 1.50. The minimum absolute atomic E-state index is 0.109. The van der Waals surface area contributed by atoms with Gasteiger partial charge in [0.2, 0.25) is 0 Å². The summed E-state index contributed by atoms with van der Waals surface area (Å²) in [6.45, 7) is 0. The number of esters is 1. The van der Waals surface area contributed by atoms with Crippen LogP contribution < -0.4 is 15.0 Å². The van der Waals surface area contributed by atoms with E-state index in [4.69, 9.17) is 39.5 Å². The average Bonchev–Trinajstić information content (AvgIpc) is 2.98. The number of hydrogen-bond acceptors (Lipinski definition) is 5. The molecular weight excluding hydrogens is 475 g/mol. The summed E-state index contributed by atoms with van der Waals surface area (Å²) in [6, 6.07) is 19.2. The number of halogens is 3. The molecule has 1 N–H and O–H groups in total. The first-order valence-corrected chi connectivity index (χ1v) is 10.4. The molecule has 0 aromatic heterocycles. The van der Waals surface area contributed by atoms with Gasteiger partial charge >= 0.3 is 5.97 Å². The van der Waals surface area contributed by atoms with Crippen LogP contribution in [0, 0.1) is 0 Å². The van der Waals surface area contributed by atoms with Crippen LogP contribution in [0.4, 0.5) is 11.4 Å². The zero-order valence-electron chi connectivity index (χ0n) is 16.1. The number of imide groups is 1. The number of amides is 2. The Kier molecular flexibility index (Phi) is 6.19. The van der Waals surface area contributed by atoms with Crippen LogP contribution in [0.2, 0.25) is 10.0 Å². The Labute approximate surface area is 197 Å². The Hall–Kier alpha value is -3.32. The first-order valence-electron chi connectivity index (χ1n) is 9.23. The molecule has 0 fully saturated rings. The molecule has 2 amide bonds. The third-order valence-electron chi connectivity index (χ3n) is 4.52. The minimum Gasteiger partial charge on any atom is -0.423 e. The highest BCUT2D eigenvalue weighted by molar-refractivity contribution is 6.53. The summed E-state index contributed by atoms with van der Waals surface area (Å²) in [5, 5.41) is 3.04. The first kappa shape index (κ1) is 21.9. The number of rotatable bonds is 5. The molecule has 1 heterocycles. The summed E-state index contributed by atoms with van der Waals surface area (Å²) in [7, 11) is 0. The molecule has 0 spiro atoms. The molecule has 0 unspecified atom stereocenters. The molecule has 3 aromatic rings. The maximum atomic E-state index is 12.9.